The molecule has 3 aromatic rings. The highest BCUT2D eigenvalue weighted by Crippen LogP contribution is 2.32. The van der Waals surface area contributed by atoms with Crippen molar-refractivity contribution in [3.63, 3.8) is 0 Å². The molecule has 13 heteroatoms. The first-order valence-electron chi connectivity index (χ1n) is 14.1. The van der Waals surface area contributed by atoms with Crippen LogP contribution in [0.15, 0.2) is 87.8 Å². The summed E-state index contributed by atoms with van der Waals surface area (Å²) in [6, 6.07) is 21.7. The number of aliphatic imine (C=N–C) groups is 3. The van der Waals surface area contributed by atoms with Gasteiger partial charge in [-0.3, -0.25) is 0 Å². The summed E-state index contributed by atoms with van der Waals surface area (Å²) < 4.78 is 40.7. The molecule has 2 amide bonds. The standard InChI is InChI=1S/C32H32F3N7O2S/c1-21(2)27-6-3-4-7-28(27)42-16-5-17-45-31(42)41-30(43)38-19-24(18-36)22-8-10-23(11-9-22)29(37)40-20-39-25-12-14-26(15-13-25)44-32(33,34)35/h3-4,6-15,20-21,24H,5,16-17,19H2,1-2H3,(H,38,43)(H2,37,39,40). The number of nitrogens with zero attached hydrogens (tertiary/aromatic N) is 5. The molecular formula is C32H32F3N7O2S. The summed E-state index contributed by atoms with van der Waals surface area (Å²) in [5.41, 5.74) is 9.89. The lowest BCUT2D eigenvalue weighted by Gasteiger charge is -2.31. The van der Waals surface area contributed by atoms with Gasteiger partial charge in [-0.05, 0) is 53.8 Å². The highest BCUT2D eigenvalue weighted by Gasteiger charge is 2.31. The minimum atomic E-state index is -4.77. The summed E-state index contributed by atoms with van der Waals surface area (Å²) >= 11 is 1.54. The number of amidine groups is 2. The van der Waals surface area contributed by atoms with Crippen molar-refractivity contribution < 1.29 is 22.7 Å². The fourth-order valence-corrected chi connectivity index (χ4v) is 5.45. The minimum Gasteiger partial charge on any atom is -0.406 e. The maximum absolute atomic E-state index is 12.8. The average molecular weight is 636 g/mol. The molecule has 1 aliphatic rings. The number of carbonyl (C=O) groups is 1. The topological polar surface area (TPSA) is 128 Å². The van der Waals surface area contributed by atoms with Crippen molar-refractivity contribution in [3.05, 3.63) is 89.5 Å². The molecule has 0 radical (unpaired) electrons. The molecule has 1 unspecified atom stereocenters. The Morgan fingerprint density at radius 3 is 2.51 bits per heavy atom. The molecule has 1 atom stereocenters. The van der Waals surface area contributed by atoms with Crippen molar-refractivity contribution in [2.75, 3.05) is 23.7 Å². The normalized spacial score (nSPS) is 15.7. The van der Waals surface area contributed by atoms with E-state index in [0.717, 1.165) is 36.5 Å². The van der Waals surface area contributed by atoms with Crippen molar-refractivity contribution in [1.29, 1.82) is 5.26 Å². The molecule has 9 nitrogen and oxygen atoms in total. The third kappa shape index (κ3) is 9.58. The van der Waals surface area contributed by atoms with Crippen LogP contribution >= 0.6 is 11.8 Å². The van der Waals surface area contributed by atoms with Gasteiger partial charge in [0.1, 0.15) is 17.9 Å². The fraction of sp³-hybridized carbons (Fsp3) is 0.281. The molecule has 45 heavy (non-hydrogen) atoms. The molecule has 1 aliphatic heterocycles. The Hall–Kier alpha value is -4.83. The SMILES string of the molecule is CC(C)c1ccccc1N1CCCSC1=NC(=O)NCC(C#N)c1ccc(C(N)=NC=Nc2ccc(OC(F)(F)F)cc2)cc1. The number of hydrogen-bond acceptors (Lipinski definition) is 5. The summed E-state index contributed by atoms with van der Waals surface area (Å²) in [4.78, 5) is 27.4. The zero-order valence-electron chi connectivity index (χ0n) is 24.7. The van der Waals surface area contributed by atoms with E-state index in [0.29, 0.717) is 27.9 Å². The number of urea groups is 1. The number of nitrogens with one attached hydrogen (secondary N) is 1. The van der Waals surface area contributed by atoms with E-state index in [4.69, 9.17) is 5.73 Å². The Morgan fingerprint density at radius 2 is 1.84 bits per heavy atom. The lowest BCUT2D eigenvalue weighted by molar-refractivity contribution is -0.274. The maximum atomic E-state index is 12.8. The van der Waals surface area contributed by atoms with Crippen LogP contribution in [0.4, 0.5) is 29.3 Å². The number of alkyl halides is 3. The van der Waals surface area contributed by atoms with Crippen molar-refractivity contribution in [2.24, 2.45) is 20.7 Å². The summed E-state index contributed by atoms with van der Waals surface area (Å²) in [6.45, 7) is 5.11. The van der Waals surface area contributed by atoms with Gasteiger partial charge in [0.2, 0.25) is 0 Å². The monoisotopic (exact) mass is 635 g/mol. The van der Waals surface area contributed by atoms with E-state index in [9.17, 15) is 23.2 Å². The van der Waals surface area contributed by atoms with E-state index in [1.165, 1.54) is 35.8 Å². The summed E-state index contributed by atoms with van der Waals surface area (Å²) in [5, 5.41) is 13.2. The first-order chi connectivity index (χ1) is 21.5. The molecule has 3 N–H and O–H groups in total. The number of carbonyl (C=O) groups excluding carboxylic acids is 1. The smallest absolute Gasteiger partial charge is 0.406 e. The minimum absolute atomic E-state index is 0.0712. The van der Waals surface area contributed by atoms with Gasteiger partial charge in [0.25, 0.3) is 0 Å². The van der Waals surface area contributed by atoms with Gasteiger partial charge < -0.3 is 20.7 Å². The largest absolute Gasteiger partial charge is 0.573 e. The molecule has 4 rings (SSSR count). The molecule has 1 heterocycles. The number of benzene rings is 3. The highest BCUT2D eigenvalue weighted by molar-refractivity contribution is 8.14. The summed E-state index contributed by atoms with van der Waals surface area (Å²) in [5.74, 6) is 0.354. The number of rotatable bonds is 9. The van der Waals surface area contributed by atoms with Gasteiger partial charge in [-0.1, -0.05) is 68.1 Å². The molecule has 0 saturated carbocycles. The zero-order valence-corrected chi connectivity index (χ0v) is 25.5. The van der Waals surface area contributed by atoms with Crippen LogP contribution in [0.2, 0.25) is 0 Å². The van der Waals surface area contributed by atoms with Crippen molar-refractivity contribution >= 4 is 46.5 Å². The Balaban J connectivity index is 1.35. The Bertz CT molecular complexity index is 1600. The third-order valence-electron chi connectivity index (χ3n) is 6.73. The van der Waals surface area contributed by atoms with Crippen molar-refractivity contribution in [3.8, 4) is 11.8 Å². The van der Waals surface area contributed by atoms with Crippen molar-refractivity contribution in [1.82, 2.24) is 5.32 Å². The van der Waals surface area contributed by atoms with Crippen LogP contribution < -0.4 is 20.7 Å². The number of anilines is 1. The number of para-hydroxylation sites is 1. The molecule has 234 valence electrons. The van der Waals surface area contributed by atoms with Crippen LogP contribution in [0.5, 0.6) is 5.75 Å². The second-order valence-corrected chi connectivity index (χ2v) is 11.3. The lowest BCUT2D eigenvalue weighted by atomic mass is 9.99. The Morgan fingerprint density at radius 1 is 1.13 bits per heavy atom. The predicted molar refractivity (Wildman–Crippen MR) is 173 cm³/mol. The molecule has 0 spiro atoms. The molecule has 1 fully saturated rings. The van der Waals surface area contributed by atoms with Gasteiger partial charge >= 0.3 is 12.4 Å². The molecule has 0 aromatic heterocycles. The third-order valence-corrected chi connectivity index (χ3v) is 7.79. The Labute approximate surface area is 263 Å². The number of amides is 2. The highest BCUT2D eigenvalue weighted by atomic mass is 32.2. The first kappa shape index (κ1) is 33.1. The van der Waals surface area contributed by atoms with Gasteiger partial charge in [-0.2, -0.15) is 10.3 Å². The fourth-order valence-electron chi connectivity index (χ4n) is 4.50. The van der Waals surface area contributed by atoms with E-state index in [-0.39, 0.29) is 18.1 Å². The van der Waals surface area contributed by atoms with Gasteiger partial charge in [-0.25, -0.2) is 14.8 Å². The second kappa shape index (κ2) is 15.3. The number of nitrogens with two attached hydrogens (primary N) is 1. The molecule has 0 bridgehead atoms. The summed E-state index contributed by atoms with van der Waals surface area (Å²) in [7, 11) is 0. The maximum Gasteiger partial charge on any atom is 0.573 e. The van der Waals surface area contributed by atoms with Crippen molar-refractivity contribution in [2.45, 2.75) is 38.5 Å². The number of thioether (sulfide) groups is 1. The van der Waals surface area contributed by atoms with Crippen LogP contribution in [0, 0.1) is 11.3 Å². The molecule has 3 aromatic carbocycles. The van der Waals surface area contributed by atoms with E-state index >= 15 is 0 Å². The van der Waals surface area contributed by atoms with Gasteiger partial charge in [0.15, 0.2) is 5.17 Å². The first-order valence-corrected chi connectivity index (χ1v) is 15.1. The zero-order chi connectivity index (χ0) is 32.4. The summed E-state index contributed by atoms with van der Waals surface area (Å²) in [6.07, 6.45) is -2.61. The number of hydrogen-bond donors (Lipinski definition) is 2. The van der Waals surface area contributed by atoms with Crippen LogP contribution in [0.25, 0.3) is 0 Å². The van der Waals surface area contributed by atoms with Crippen LogP contribution in [0.1, 0.15) is 48.8 Å². The van der Waals surface area contributed by atoms with E-state index in [1.54, 1.807) is 24.3 Å². The number of nitriles is 1. The predicted octanol–water partition coefficient (Wildman–Crippen LogP) is 7.09. The molecule has 0 aliphatic carbocycles. The molecular weight excluding hydrogens is 603 g/mol. The Kier molecular flexibility index (Phi) is 11.2. The molecule has 1 saturated heterocycles. The van der Waals surface area contributed by atoms with E-state index in [2.05, 4.69) is 55.9 Å². The van der Waals surface area contributed by atoms with Crippen LogP contribution in [-0.4, -0.2) is 48.6 Å². The van der Waals surface area contributed by atoms with E-state index in [1.807, 2.05) is 18.2 Å². The van der Waals surface area contributed by atoms with Crippen LogP contribution in [-0.2, 0) is 0 Å². The van der Waals surface area contributed by atoms with E-state index < -0.39 is 18.3 Å². The average Bonchev–Trinajstić information content (AvgIpc) is 3.02. The number of halogens is 3. The quantitative estimate of drug-likeness (QED) is 0.191. The van der Waals surface area contributed by atoms with Crippen LogP contribution in [0.3, 0.4) is 0 Å². The number of ether oxygens (including phenoxy) is 1. The van der Waals surface area contributed by atoms with Gasteiger partial charge in [0, 0.05) is 30.1 Å². The van der Waals surface area contributed by atoms with Gasteiger partial charge in [-0.15, -0.1) is 13.2 Å². The van der Waals surface area contributed by atoms with Gasteiger partial charge in [0.05, 0.1) is 17.7 Å². The second-order valence-electron chi connectivity index (χ2n) is 10.3. The lowest BCUT2D eigenvalue weighted by Crippen LogP contribution is -2.36.